The molecule has 12 heteroatoms. The standard InChI is InChI=1S/C26H39F8N3S/c1-23(2)18-36(20-11-12-22(35)21(17-20)25(29,30)31)19-37(23)14-8-6-4-3-5-7-9-15-38-16-10-13-24(27,28)26(32,33)34/h11-12,17H,3-10,13-16,18-19,35H2,1-2H3. The maximum absolute atomic E-state index is 13.2. The SMILES string of the molecule is CC1(C)CN(c2ccc(N)c(C(F)(F)F)c2)CN1CCCCCCCCCSCCCC(F)(F)C(F)(F)F. The second kappa shape index (κ2) is 13.8. The van der Waals surface area contributed by atoms with E-state index in [2.05, 4.69) is 18.7 Å². The van der Waals surface area contributed by atoms with E-state index in [-0.39, 0.29) is 17.6 Å². The molecule has 0 radical (unpaired) electrons. The van der Waals surface area contributed by atoms with E-state index in [9.17, 15) is 35.1 Å². The number of halogens is 8. The smallest absolute Gasteiger partial charge is 0.398 e. The molecule has 0 aromatic heterocycles. The topological polar surface area (TPSA) is 32.5 Å². The molecule has 1 aromatic rings. The number of alkyl halides is 8. The summed E-state index contributed by atoms with van der Waals surface area (Å²) in [5, 5.41) is 0. The summed E-state index contributed by atoms with van der Waals surface area (Å²) in [6.07, 6.45) is -4.12. The summed E-state index contributed by atoms with van der Waals surface area (Å²) in [5.41, 5.74) is 4.79. The minimum Gasteiger partial charge on any atom is -0.398 e. The van der Waals surface area contributed by atoms with Crippen LogP contribution in [0.4, 0.5) is 46.5 Å². The van der Waals surface area contributed by atoms with Crippen molar-refractivity contribution in [2.75, 3.05) is 41.9 Å². The molecule has 0 unspecified atom stereocenters. The summed E-state index contributed by atoms with van der Waals surface area (Å²) in [6, 6.07) is 4.07. The van der Waals surface area contributed by atoms with Gasteiger partial charge in [0, 0.05) is 36.4 Å². The third kappa shape index (κ3) is 9.95. The zero-order valence-electron chi connectivity index (χ0n) is 22.0. The van der Waals surface area contributed by atoms with Crippen LogP contribution in [0.1, 0.15) is 77.2 Å². The van der Waals surface area contributed by atoms with Gasteiger partial charge in [-0.3, -0.25) is 4.90 Å². The molecule has 2 rings (SSSR count). The first-order valence-corrected chi connectivity index (χ1v) is 14.2. The van der Waals surface area contributed by atoms with E-state index in [1.54, 1.807) is 6.07 Å². The summed E-state index contributed by atoms with van der Waals surface area (Å²) in [6.45, 7) is 6.22. The van der Waals surface area contributed by atoms with Crippen molar-refractivity contribution in [1.82, 2.24) is 4.90 Å². The lowest BCUT2D eigenvalue weighted by atomic mass is 10.0. The number of hydrogen-bond acceptors (Lipinski definition) is 4. The number of unbranched alkanes of at least 4 members (excludes halogenated alkanes) is 6. The fourth-order valence-electron chi connectivity index (χ4n) is 4.58. The van der Waals surface area contributed by atoms with Crippen molar-refractivity contribution in [3.05, 3.63) is 23.8 Å². The molecule has 1 aromatic carbocycles. The first-order valence-electron chi connectivity index (χ1n) is 13.0. The molecule has 3 nitrogen and oxygen atoms in total. The van der Waals surface area contributed by atoms with Crippen LogP contribution >= 0.6 is 11.8 Å². The molecule has 0 atom stereocenters. The Kier molecular flexibility index (Phi) is 11.9. The Balaban J connectivity index is 1.57. The maximum atomic E-state index is 13.2. The number of thioether (sulfide) groups is 1. The van der Waals surface area contributed by atoms with Crippen LogP contribution in [-0.2, 0) is 6.18 Å². The first kappa shape index (κ1) is 32.8. The van der Waals surface area contributed by atoms with Gasteiger partial charge in [-0.2, -0.15) is 46.9 Å². The minimum absolute atomic E-state index is 0.155. The quantitative estimate of drug-likeness (QED) is 0.129. The Morgan fingerprint density at radius 2 is 1.42 bits per heavy atom. The molecule has 0 saturated carbocycles. The van der Waals surface area contributed by atoms with Crippen LogP contribution < -0.4 is 10.6 Å². The first-order chi connectivity index (χ1) is 17.5. The van der Waals surface area contributed by atoms with Crippen LogP contribution in [0.5, 0.6) is 0 Å². The van der Waals surface area contributed by atoms with Crippen LogP contribution in [-0.4, -0.2) is 53.8 Å². The minimum atomic E-state index is -5.47. The number of nitrogens with zero attached hydrogens (tertiary/aromatic N) is 2. The summed E-state index contributed by atoms with van der Waals surface area (Å²) < 4.78 is 102. The normalized spacial score (nSPS) is 16.9. The molecular weight excluding hydrogens is 538 g/mol. The predicted octanol–water partition coefficient (Wildman–Crippen LogP) is 8.59. The molecular formula is C26H39F8N3S. The average molecular weight is 578 g/mol. The zero-order valence-corrected chi connectivity index (χ0v) is 22.9. The molecule has 38 heavy (non-hydrogen) atoms. The van der Waals surface area contributed by atoms with E-state index < -0.39 is 30.3 Å². The van der Waals surface area contributed by atoms with Gasteiger partial charge in [0.1, 0.15) is 0 Å². The van der Waals surface area contributed by atoms with Crippen molar-refractivity contribution in [2.24, 2.45) is 0 Å². The maximum Gasteiger partial charge on any atom is 0.453 e. The van der Waals surface area contributed by atoms with Gasteiger partial charge in [0.2, 0.25) is 0 Å². The van der Waals surface area contributed by atoms with E-state index >= 15 is 0 Å². The van der Waals surface area contributed by atoms with Gasteiger partial charge in [-0.15, -0.1) is 0 Å². The number of rotatable bonds is 15. The van der Waals surface area contributed by atoms with Crippen LogP contribution in [0.3, 0.4) is 0 Å². The largest absolute Gasteiger partial charge is 0.453 e. The summed E-state index contributed by atoms with van der Waals surface area (Å²) in [4.78, 5) is 4.24. The molecule has 0 bridgehead atoms. The van der Waals surface area contributed by atoms with Crippen molar-refractivity contribution < 1.29 is 35.1 Å². The molecule has 220 valence electrons. The predicted molar refractivity (Wildman–Crippen MR) is 139 cm³/mol. The van der Waals surface area contributed by atoms with Gasteiger partial charge in [-0.25, -0.2) is 0 Å². The van der Waals surface area contributed by atoms with Gasteiger partial charge >= 0.3 is 18.3 Å². The molecule has 2 N–H and O–H groups in total. The van der Waals surface area contributed by atoms with E-state index in [1.165, 1.54) is 17.8 Å². The summed E-state index contributed by atoms with van der Waals surface area (Å²) >= 11 is 1.42. The van der Waals surface area contributed by atoms with E-state index in [1.807, 2.05) is 4.90 Å². The number of nitrogen functional groups attached to an aromatic ring is 1. The lowest BCUT2D eigenvalue weighted by molar-refractivity contribution is -0.284. The van der Waals surface area contributed by atoms with Gasteiger partial charge in [0.25, 0.3) is 0 Å². The second-order valence-electron chi connectivity index (χ2n) is 10.6. The third-order valence-corrected chi connectivity index (χ3v) is 8.05. The average Bonchev–Trinajstić information content (AvgIpc) is 3.09. The van der Waals surface area contributed by atoms with E-state index in [0.29, 0.717) is 24.7 Å². The Bertz CT molecular complexity index is 858. The number of nitrogens with two attached hydrogens (primary N) is 1. The van der Waals surface area contributed by atoms with Crippen molar-refractivity contribution in [3.63, 3.8) is 0 Å². The summed E-state index contributed by atoms with van der Waals surface area (Å²) in [7, 11) is 0. The van der Waals surface area contributed by atoms with Crippen molar-refractivity contribution in [1.29, 1.82) is 0 Å². The monoisotopic (exact) mass is 577 g/mol. The van der Waals surface area contributed by atoms with E-state index in [4.69, 9.17) is 5.73 Å². The molecule has 0 aliphatic carbocycles. The van der Waals surface area contributed by atoms with Crippen LogP contribution in [0.2, 0.25) is 0 Å². The lowest BCUT2D eigenvalue weighted by Crippen LogP contribution is -2.40. The highest BCUT2D eigenvalue weighted by Gasteiger charge is 2.56. The van der Waals surface area contributed by atoms with Gasteiger partial charge < -0.3 is 10.6 Å². The molecule has 1 fully saturated rings. The second-order valence-corrected chi connectivity index (χ2v) is 11.8. The van der Waals surface area contributed by atoms with Crippen molar-refractivity contribution >= 4 is 23.1 Å². The Morgan fingerprint density at radius 3 is 2.03 bits per heavy atom. The number of hydrogen-bond donors (Lipinski definition) is 1. The van der Waals surface area contributed by atoms with Crippen LogP contribution in [0.15, 0.2) is 18.2 Å². The Morgan fingerprint density at radius 1 is 0.842 bits per heavy atom. The van der Waals surface area contributed by atoms with Crippen molar-refractivity contribution in [2.45, 2.75) is 95.4 Å². The third-order valence-electron chi connectivity index (χ3n) is 6.89. The van der Waals surface area contributed by atoms with Gasteiger partial charge in [-0.05, 0) is 62.8 Å². The lowest BCUT2D eigenvalue weighted by Gasteiger charge is -2.29. The molecule has 1 aliphatic rings. The molecule has 0 amide bonds. The zero-order chi connectivity index (χ0) is 28.6. The Labute approximate surface area is 224 Å². The molecule has 0 spiro atoms. The highest BCUT2D eigenvalue weighted by Crippen LogP contribution is 2.39. The highest BCUT2D eigenvalue weighted by molar-refractivity contribution is 7.99. The van der Waals surface area contributed by atoms with Crippen LogP contribution in [0, 0.1) is 0 Å². The fourth-order valence-corrected chi connectivity index (χ4v) is 5.54. The van der Waals surface area contributed by atoms with Gasteiger partial charge in [0.05, 0.1) is 12.2 Å². The van der Waals surface area contributed by atoms with Gasteiger partial charge in [-0.1, -0.05) is 32.1 Å². The fraction of sp³-hybridized carbons (Fsp3) is 0.769. The van der Waals surface area contributed by atoms with E-state index in [0.717, 1.165) is 63.3 Å². The van der Waals surface area contributed by atoms with Crippen molar-refractivity contribution in [3.8, 4) is 0 Å². The molecule has 1 heterocycles. The molecule has 1 saturated heterocycles. The van der Waals surface area contributed by atoms with Crippen LogP contribution in [0.25, 0.3) is 0 Å². The van der Waals surface area contributed by atoms with Gasteiger partial charge in [0.15, 0.2) is 0 Å². The highest BCUT2D eigenvalue weighted by atomic mass is 32.2. The molecule has 1 aliphatic heterocycles. The Hall–Kier alpha value is -1.43. The summed E-state index contributed by atoms with van der Waals surface area (Å²) in [5.74, 6) is -3.54. The number of anilines is 2. The number of benzene rings is 1.